The summed E-state index contributed by atoms with van der Waals surface area (Å²) in [6.07, 6.45) is 1.19. The molecule has 2 unspecified atom stereocenters. The van der Waals surface area contributed by atoms with Crippen LogP contribution < -0.4 is 5.32 Å². The molecule has 3 nitrogen and oxygen atoms in total. The fraction of sp³-hybridized carbons (Fsp3) is 1.00. The topological polar surface area (TPSA) is 24.5 Å². The first kappa shape index (κ1) is 12.9. The third-order valence-electron chi connectivity index (χ3n) is 3.28. The van der Waals surface area contributed by atoms with Crippen molar-refractivity contribution in [3.63, 3.8) is 0 Å². The molecule has 0 aliphatic carbocycles. The van der Waals surface area contributed by atoms with Crippen LogP contribution in [0.15, 0.2) is 0 Å². The Labute approximate surface area is 94.2 Å². The molecule has 1 N–H and O–H groups in total. The third kappa shape index (κ3) is 4.09. The molecular formula is C12H26N2O. The van der Waals surface area contributed by atoms with E-state index in [1.165, 1.54) is 6.42 Å². The van der Waals surface area contributed by atoms with Crippen LogP contribution in [0.5, 0.6) is 0 Å². The second kappa shape index (κ2) is 6.46. The molecule has 0 amide bonds. The number of nitrogens with one attached hydrogen (secondary N) is 1. The molecule has 0 bridgehead atoms. The van der Waals surface area contributed by atoms with E-state index >= 15 is 0 Å². The molecule has 90 valence electrons. The maximum absolute atomic E-state index is 5.42. The fourth-order valence-corrected chi connectivity index (χ4v) is 2.10. The Morgan fingerprint density at radius 3 is 2.67 bits per heavy atom. The van der Waals surface area contributed by atoms with E-state index in [1.54, 1.807) is 0 Å². The van der Waals surface area contributed by atoms with Crippen LogP contribution in [0.2, 0.25) is 0 Å². The highest BCUT2D eigenvalue weighted by Crippen LogP contribution is 2.12. The number of ether oxygens (including phenoxy) is 1. The molecule has 1 aliphatic heterocycles. The van der Waals surface area contributed by atoms with Crippen molar-refractivity contribution in [3.05, 3.63) is 0 Å². The van der Waals surface area contributed by atoms with Gasteiger partial charge in [-0.05, 0) is 25.9 Å². The summed E-state index contributed by atoms with van der Waals surface area (Å²) in [5, 5.41) is 3.55. The van der Waals surface area contributed by atoms with Gasteiger partial charge in [-0.15, -0.1) is 0 Å². The zero-order valence-corrected chi connectivity index (χ0v) is 10.6. The molecule has 0 aromatic heterocycles. The minimum absolute atomic E-state index is 0.598. The van der Waals surface area contributed by atoms with Gasteiger partial charge < -0.3 is 10.1 Å². The van der Waals surface area contributed by atoms with Crippen molar-refractivity contribution in [2.75, 3.05) is 33.4 Å². The Morgan fingerprint density at radius 1 is 1.47 bits per heavy atom. The second-order valence-corrected chi connectivity index (χ2v) is 4.87. The van der Waals surface area contributed by atoms with Gasteiger partial charge in [-0.25, -0.2) is 0 Å². The van der Waals surface area contributed by atoms with Gasteiger partial charge in [-0.1, -0.05) is 20.8 Å². The molecule has 1 fully saturated rings. The van der Waals surface area contributed by atoms with Crippen LogP contribution in [0.4, 0.5) is 0 Å². The van der Waals surface area contributed by atoms with Gasteiger partial charge in [0.1, 0.15) is 0 Å². The van der Waals surface area contributed by atoms with Crippen molar-refractivity contribution in [3.8, 4) is 0 Å². The molecular weight excluding hydrogens is 188 g/mol. The summed E-state index contributed by atoms with van der Waals surface area (Å²) < 4.78 is 5.42. The van der Waals surface area contributed by atoms with E-state index in [-0.39, 0.29) is 0 Å². The molecule has 1 saturated heterocycles. The van der Waals surface area contributed by atoms with Gasteiger partial charge in [0.2, 0.25) is 0 Å². The third-order valence-corrected chi connectivity index (χ3v) is 3.28. The Kier molecular flexibility index (Phi) is 5.58. The molecule has 2 atom stereocenters. The van der Waals surface area contributed by atoms with Crippen LogP contribution in [0.1, 0.15) is 27.2 Å². The lowest BCUT2D eigenvalue weighted by atomic mass is 10.0. The van der Waals surface area contributed by atoms with Gasteiger partial charge in [0.15, 0.2) is 0 Å². The maximum atomic E-state index is 5.42. The van der Waals surface area contributed by atoms with Crippen LogP contribution in [0.25, 0.3) is 0 Å². The summed E-state index contributed by atoms with van der Waals surface area (Å²) >= 11 is 0. The van der Waals surface area contributed by atoms with Crippen LogP contribution in [-0.2, 0) is 4.74 Å². The molecule has 0 aromatic carbocycles. The standard InChI is InChI=1S/C12H26N2O/c1-5-13-12(10(2)3)8-14(4)11-6-7-15-9-11/h10-13H,5-9H2,1-4H3. The van der Waals surface area contributed by atoms with Crippen molar-refractivity contribution in [1.29, 1.82) is 0 Å². The lowest BCUT2D eigenvalue weighted by molar-refractivity contribution is 0.147. The van der Waals surface area contributed by atoms with Crippen molar-refractivity contribution in [1.82, 2.24) is 10.2 Å². The number of likely N-dealkylation sites (N-methyl/N-ethyl adjacent to an activating group) is 2. The Morgan fingerprint density at radius 2 is 2.20 bits per heavy atom. The highest BCUT2D eigenvalue weighted by Gasteiger charge is 2.23. The number of hydrogen-bond acceptors (Lipinski definition) is 3. The molecule has 0 aromatic rings. The summed E-state index contributed by atoms with van der Waals surface area (Å²) in [4.78, 5) is 2.44. The lowest BCUT2D eigenvalue weighted by Crippen LogP contribution is -2.46. The second-order valence-electron chi connectivity index (χ2n) is 4.87. The highest BCUT2D eigenvalue weighted by molar-refractivity contribution is 4.79. The molecule has 0 saturated carbocycles. The summed E-state index contributed by atoms with van der Waals surface area (Å²) in [6.45, 7) is 10.8. The summed E-state index contributed by atoms with van der Waals surface area (Å²) in [5.41, 5.74) is 0. The van der Waals surface area contributed by atoms with E-state index in [0.717, 1.165) is 26.3 Å². The van der Waals surface area contributed by atoms with Crippen LogP contribution in [0.3, 0.4) is 0 Å². The minimum atomic E-state index is 0.598. The normalized spacial score (nSPS) is 24.0. The van der Waals surface area contributed by atoms with Gasteiger partial charge >= 0.3 is 0 Å². The zero-order chi connectivity index (χ0) is 11.3. The molecule has 15 heavy (non-hydrogen) atoms. The summed E-state index contributed by atoms with van der Waals surface area (Å²) in [5.74, 6) is 0.690. The predicted molar refractivity (Wildman–Crippen MR) is 64.2 cm³/mol. The molecule has 1 rings (SSSR count). The zero-order valence-electron chi connectivity index (χ0n) is 10.6. The van der Waals surface area contributed by atoms with Gasteiger partial charge in [-0.2, -0.15) is 0 Å². The molecule has 0 spiro atoms. The summed E-state index contributed by atoms with van der Waals surface area (Å²) in [6, 6.07) is 1.23. The molecule has 3 heteroatoms. The maximum Gasteiger partial charge on any atom is 0.0622 e. The number of rotatable bonds is 6. The minimum Gasteiger partial charge on any atom is -0.380 e. The van der Waals surface area contributed by atoms with Crippen LogP contribution in [0, 0.1) is 5.92 Å². The molecule has 0 radical (unpaired) electrons. The largest absolute Gasteiger partial charge is 0.380 e. The first-order valence-corrected chi connectivity index (χ1v) is 6.16. The Hall–Kier alpha value is -0.120. The average Bonchev–Trinajstić information content (AvgIpc) is 2.69. The van der Waals surface area contributed by atoms with Crippen molar-refractivity contribution in [2.24, 2.45) is 5.92 Å². The van der Waals surface area contributed by atoms with Gasteiger partial charge in [0.05, 0.1) is 6.61 Å². The van der Waals surface area contributed by atoms with E-state index in [2.05, 4.69) is 38.0 Å². The lowest BCUT2D eigenvalue weighted by Gasteiger charge is -2.30. The Balaban J connectivity index is 2.35. The van der Waals surface area contributed by atoms with Gasteiger partial charge in [0, 0.05) is 25.2 Å². The smallest absolute Gasteiger partial charge is 0.0622 e. The monoisotopic (exact) mass is 214 g/mol. The van der Waals surface area contributed by atoms with Gasteiger partial charge in [-0.3, -0.25) is 4.90 Å². The molecule has 1 aliphatic rings. The van der Waals surface area contributed by atoms with Crippen molar-refractivity contribution in [2.45, 2.75) is 39.3 Å². The average molecular weight is 214 g/mol. The number of hydrogen-bond donors (Lipinski definition) is 1. The van der Waals surface area contributed by atoms with E-state index < -0.39 is 0 Å². The van der Waals surface area contributed by atoms with Crippen LogP contribution in [-0.4, -0.2) is 50.3 Å². The van der Waals surface area contributed by atoms with E-state index in [9.17, 15) is 0 Å². The Bertz CT molecular complexity index is 167. The van der Waals surface area contributed by atoms with Crippen LogP contribution >= 0.6 is 0 Å². The highest BCUT2D eigenvalue weighted by atomic mass is 16.5. The predicted octanol–water partition coefficient (Wildman–Crippen LogP) is 1.34. The first-order chi connectivity index (χ1) is 7.15. The summed E-state index contributed by atoms with van der Waals surface area (Å²) in [7, 11) is 2.21. The molecule has 1 heterocycles. The quantitative estimate of drug-likeness (QED) is 0.722. The fourth-order valence-electron chi connectivity index (χ4n) is 2.10. The SMILES string of the molecule is CCNC(CN(C)C1CCOC1)C(C)C. The number of nitrogens with zero attached hydrogens (tertiary/aromatic N) is 1. The van der Waals surface area contributed by atoms with E-state index in [1.807, 2.05) is 0 Å². The van der Waals surface area contributed by atoms with E-state index in [4.69, 9.17) is 4.74 Å². The van der Waals surface area contributed by atoms with Crippen molar-refractivity contribution >= 4 is 0 Å². The van der Waals surface area contributed by atoms with E-state index in [0.29, 0.717) is 18.0 Å². The first-order valence-electron chi connectivity index (χ1n) is 6.16. The van der Waals surface area contributed by atoms with Gasteiger partial charge in [0.25, 0.3) is 0 Å². The van der Waals surface area contributed by atoms with Crippen molar-refractivity contribution < 1.29 is 4.74 Å².